The van der Waals surface area contributed by atoms with E-state index in [0.29, 0.717) is 23.6 Å². The molecule has 0 saturated carbocycles. The van der Waals surface area contributed by atoms with Crippen LogP contribution < -0.4 is 26.4 Å². The molecule has 5 N–H and O–H groups in total. The molecule has 0 aliphatic carbocycles. The van der Waals surface area contributed by atoms with Crippen molar-refractivity contribution in [2.45, 2.75) is 26.4 Å². The second-order valence-electron chi connectivity index (χ2n) is 8.76. The minimum absolute atomic E-state index is 0.0112. The number of primary amides is 1. The summed E-state index contributed by atoms with van der Waals surface area (Å²) in [7, 11) is 0. The van der Waals surface area contributed by atoms with E-state index in [1.807, 2.05) is 50.2 Å². The summed E-state index contributed by atoms with van der Waals surface area (Å²) in [5, 5.41) is 2.96. The van der Waals surface area contributed by atoms with Gasteiger partial charge in [0.15, 0.2) is 5.69 Å². The molecule has 0 aliphatic heterocycles. The Kier molecular flexibility index (Phi) is 8.57. The molecule has 39 heavy (non-hydrogen) atoms. The first-order valence-corrected chi connectivity index (χ1v) is 13.1. The Hall–Kier alpha value is -4.70. The van der Waals surface area contributed by atoms with Crippen molar-refractivity contribution in [1.82, 2.24) is 9.69 Å². The number of aromatic nitrogens is 1. The number of hydrogen-bond acceptors (Lipinski definition) is 7. The number of benzene rings is 3. The van der Waals surface area contributed by atoms with E-state index in [-0.39, 0.29) is 22.8 Å². The number of rotatable bonds is 10. The number of hydrogen-bond donors (Lipinski definition) is 3. The van der Waals surface area contributed by atoms with Gasteiger partial charge in [0, 0.05) is 12.2 Å². The van der Waals surface area contributed by atoms with Gasteiger partial charge in [-0.25, -0.2) is 0 Å². The maximum Gasteiger partial charge on any atom is 0.273 e. The molecule has 200 valence electrons. The van der Waals surface area contributed by atoms with Crippen LogP contribution in [0.1, 0.15) is 49.8 Å². The third-order valence-electron chi connectivity index (χ3n) is 5.98. The SMILES string of the molecule is CCOc1ccc([C@H](C(=O)NCc2ccccc2)N(C(=O)c2snc(C(N)=O)c2N)c2cccc(C)c2)cc1. The van der Waals surface area contributed by atoms with Gasteiger partial charge < -0.3 is 21.5 Å². The van der Waals surface area contributed by atoms with Crippen LogP contribution in [0, 0.1) is 6.92 Å². The Morgan fingerprint density at radius 3 is 2.36 bits per heavy atom. The van der Waals surface area contributed by atoms with Crippen LogP contribution >= 0.6 is 11.5 Å². The third kappa shape index (κ3) is 6.24. The van der Waals surface area contributed by atoms with Crippen molar-refractivity contribution in [3.8, 4) is 5.75 Å². The molecule has 4 rings (SSSR count). The number of amides is 3. The molecule has 0 radical (unpaired) electrons. The van der Waals surface area contributed by atoms with Gasteiger partial charge in [0.1, 0.15) is 16.7 Å². The van der Waals surface area contributed by atoms with Crippen molar-refractivity contribution >= 4 is 40.6 Å². The van der Waals surface area contributed by atoms with Gasteiger partial charge in [-0.15, -0.1) is 0 Å². The lowest BCUT2D eigenvalue weighted by Crippen LogP contribution is -2.44. The number of nitrogens with zero attached hydrogens (tertiary/aromatic N) is 2. The molecule has 0 bridgehead atoms. The highest BCUT2D eigenvalue weighted by atomic mass is 32.1. The number of carbonyl (C=O) groups excluding carboxylic acids is 3. The zero-order valence-electron chi connectivity index (χ0n) is 21.6. The molecule has 4 aromatic rings. The van der Waals surface area contributed by atoms with Gasteiger partial charge in [-0.05, 0) is 66.3 Å². The number of nitrogen functional groups attached to an aromatic ring is 1. The first kappa shape index (κ1) is 27.3. The molecule has 1 heterocycles. The van der Waals surface area contributed by atoms with Gasteiger partial charge in [-0.2, -0.15) is 4.37 Å². The first-order valence-electron chi connectivity index (χ1n) is 12.3. The van der Waals surface area contributed by atoms with Gasteiger partial charge in [0.25, 0.3) is 11.8 Å². The molecular weight excluding hydrogens is 514 g/mol. The van der Waals surface area contributed by atoms with Crippen molar-refractivity contribution in [2.75, 3.05) is 17.2 Å². The van der Waals surface area contributed by atoms with E-state index in [0.717, 1.165) is 22.7 Å². The number of aryl methyl sites for hydroxylation is 1. The molecule has 9 nitrogen and oxygen atoms in total. The highest BCUT2D eigenvalue weighted by molar-refractivity contribution is 7.09. The molecule has 0 unspecified atom stereocenters. The van der Waals surface area contributed by atoms with Crippen molar-refractivity contribution in [1.29, 1.82) is 0 Å². The summed E-state index contributed by atoms with van der Waals surface area (Å²) in [6.45, 7) is 4.52. The molecule has 3 aromatic carbocycles. The lowest BCUT2D eigenvalue weighted by Gasteiger charge is -2.31. The Labute approximate surface area is 230 Å². The Morgan fingerprint density at radius 2 is 1.74 bits per heavy atom. The van der Waals surface area contributed by atoms with E-state index in [1.54, 1.807) is 42.5 Å². The smallest absolute Gasteiger partial charge is 0.273 e. The van der Waals surface area contributed by atoms with Crippen LogP contribution in [0.3, 0.4) is 0 Å². The maximum absolute atomic E-state index is 14.1. The summed E-state index contributed by atoms with van der Waals surface area (Å²) in [5.74, 6) is -1.20. The van der Waals surface area contributed by atoms with Crippen LogP contribution in [0.2, 0.25) is 0 Å². The fraction of sp³-hybridized carbons (Fsp3) is 0.172. The second kappa shape index (κ2) is 12.2. The number of nitrogens with two attached hydrogens (primary N) is 2. The topological polar surface area (TPSA) is 141 Å². The normalized spacial score (nSPS) is 11.4. The zero-order valence-corrected chi connectivity index (χ0v) is 22.4. The lowest BCUT2D eigenvalue weighted by molar-refractivity contribution is -0.122. The van der Waals surface area contributed by atoms with Crippen molar-refractivity contribution in [3.05, 3.63) is 106 Å². The molecule has 0 saturated heterocycles. The number of nitrogens with one attached hydrogen (secondary N) is 1. The lowest BCUT2D eigenvalue weighted by atomic mass is 10.0. The van der Waals surface area contributed by atoms with Crippen LogP contribution in [-0.2, 0) is 11.3 Å². The fourth-order valence-electron chi connectivity index (χ4n) is 4.11. The van der Waals surface area contributed by atoms with E-state index in [2.05, 4.69) is 9.69 Å². The Morgan fingerprint density at radius 1 is 1.03 bits per heavy atom. The molecule has 3 amide bonds. The quantitative estimate of drug-likeness (QED) is 0.273. The second-order valence-corrected chi connectivity index (χ2v) is 9.53. The molecule has 0 spiro atoms. The summed E-state index contributed by atoms with van der Waals surface area (Å²) in [6, 6.07) is 22.6. The largest absolute Gasteiger partial charge is 0.494 e. The van der Waals surface area contributed by atoms with Crippen LogP contribution in [0.15, 0.2) is 78.9 Å². The first-order chi connectivity index (χ1) is 18.8. The average Bonchev–Trinajstić information content (AvgIpc) is 3.33. The minimum Gasteiger partial charge on any atom is -0.494 e. The summed E-state index contributed by atoms with van der Waals surface area (Å²) >= 11 is 0.765. The zero-order chi connectivity index (χ0) is 27.9. The van der Waals surface area contributed by atoms with E-state index >= 15 is 0 Å². The van der Waals surface area contributed by atoms with E-state index in [1.165, 1.54) is 4.90 Å². The van der Waals surface area contributed by atoms with Crippen LogP contribution in [0.4, 0.5) is 11.4 Å². The van der Waals surface area contributed by atoms with Crippen LogP contribution in [-0.4, -0.2) is 28.7 Å². The van der Waals surface area contributed by atoms with Gasteiger partial charge in [0.2, 0.25) is 5.91 Å². The number of anilines is 2. The highest BCUT2D eigenvalue weighted by Crippen LogP contribution is 2.34. The minimum atomic E-state index is -1.09. The number of carbonyl (C=O) groups is 3. The summed E-state index contributed by atoms with van der Waals surface area (Å²) in [6.07, 6.45) is 0. The standard InChI is InChI=1S/C29H29N5O4S/c1-3-38-22-14-12-20(13-15-22)25(28(36)32-17-19-9-5-4-6-10-19)34(21-11-7-8-18(2)16-21)29(37)26-23(30)24(27(31)35)33-39-26/h4-16,25H,3,17,30H2,1-2H3,(H2,31,35)(H,32,36)/t25-/m1/s1. The van der Waals surface area contributed by atoms with E-state index in [9.17, 15) is 14.4 Å². The molecule has 0 fully saturated rings. The van der Waals surface area contributed by atoms with Gasteiger partial charge >= 0.3 is 0 Å². The predicted molar refractivity (Wildman–Crippen MR) is 152 cm³/mol. The monoisotopic (exact) mass is 543 g/mol. The van der Waals surface area contributed by atoms with Crippen molar-refractivity contribution < 1.29 is 19.1 Å². The Bertz CT molecular complexity index is 1470. The van der Waals surface area contributed by atoms with Crippen molar-refractivity contribution in [2.24, 2.45) is 5.73 Å². The van der Waals surface area contributed by atoms with Gasteiger partial charge in [0.05, 0.1) is 12.3 Å². The Balaban J connectivity index is 1.83. The third-order valence-corrected chi connectivity index (χ3v) is 6.83. The summed E-state index contributed by atoms with van der Waals surface area (Å²) in [5.41, 5.74) is 14.0. The van der Waals surface area contributed by atoms with Gasteiger partial charge in [-0.3, -0.25) is 19.3 Å². The maximum atomic E-state index is 14.1. The van der Waals surface area contributed by atoms with Crippen LogP contribution in [0.25, 0.3) is 0 Å². The molecule has 10 heteroatoms. The van der Waals surface area contributed by atoms with E-state index in [4.69, 9.17) is 16.2 Å². The van der Waals surface area contributed by atoms with E-state index < -0.39 is 23.8 Å². The van der Waals surface area contributed by atoms with Crippen molar-refractivity contribution in [3.63, 3.8) is 0 Å². The molecule has 1 atom stereocenters. The molecule has 1 aromatic heterocycles. The van der Waals surface area contributed by atoms with Crippen LogP contribution in [0.5, 0.6) is 5.75 Å². The molecule has 0 aliphatic rings. The highest BCUT2D eigenvalue weighted by Gasteiger charge is 2.36. The summed E-state index contributed by atoms with van der Waals surface area (Å²) in [4.78, 5) is 41.2. The molecular formula is C29H29N5O4S. The predicted octanol–water partition coefficient (Wildman–Crippen LogP) is 4.24. The average molecular weight is 544 g/mol. The van der Waals surface area contributed by atoms with Gasteiger partial charge in [-0.1, -0.05) is 54.6 Å². The number of ether oxygens (including phenoxy) is 1. The fourth-order valence-corrected chi connectivity index (χ4v) is 4.85. The summed E-state index contributed by atoms with van der Waals surface area (Å²) < 4.78 is 9.57.